The molecule has 5 nitrogen and oxygen atoms in total. The van der Waals surface area contributed by atoms with E-state index in [-0.39, 0.29) is 5.91 Å². The fourth-order valence-electron chi connectivity index (χ4n) is 2.16. The second-order valence-electron chi connectivity index (χ2n) is 4.94. The zero-order valence-corrected chi connectivity index (χ0v) is 11.0. The van der Waals surface area contributed by atoms with Gasteiger partial charge >= 0.3 is 0 Å². The second kappa shape index (κ2) is 6.02. The number of carbonyl (C=O) groups excluding carboxylic acids is 1. The van der Waals surface area contributed by atoms with E-state index in [2.05, 4.69) is 29.4 Å². The lowest BCUT2D eigenvalue weighted by Crippen LogP contribution is -2.56. The van der Waals surface area contributed by atoms with Crippen molar-refractivity contribution in [3.8, 4) is 0 Å². The smallest absolute Gasteiger partial charge is 0.234 e. The van der Waals surface area contributed by atoms with E-state index in [9.17, 15) is 4.79 Å². The van der Waals surface area contributed by atoms with Crippen LogP contribution in [0.25, 0.3) is 0 Å². The number of amides is 1. The normalized spacial score (nSPS) is 25.0. The topological polar surface area (TPSA) is 57.5 Å². The molecule has 5 heteroatoms. The molecule has 1 aliphatic heterocycles. The van der Waals surface area contributed by atoms with Crippen LogP contribution in [0.5, 0.6) is 0 Å². The maximum atomic E-state index is 11.8. The van der Waals surface area contributed by atoms with E-state index in [1.807, 2.05) is 12.1 Å². The first-order valence-electron chi connectivity index (χ1n) is 6.41. The summed E-state index contributed by atoms with van der Waals surface area (Å²) in [5, 5.41) is 6.27. The third kappa shape index (κ3) is 3.58. The summed E-state index contributed by atoms with van der Waals surface area (Å²) in [6, 6.07) is 4.52. The van der Waals surface area contributed by atoms with Crippen LogP contribution in [0.4, 0.5) is 0 Å². The zero-order valence-electron chi connectivity index (χ0n) is 11.0. The average molecular weight is 251 g/mol. The molecular weight excluding hydrogens is 230 g/mol. The summed E-state index contributed by atoms with van der Waals surface area (Å²) in [4.78, 5) is 14.1. The van der Waals surface area contributed by atoms with Crippen molar-refractivity contribution >= 4 is 5.91 Å². The Bertz CT molecular complexity index is 378. The summed E-state index contributed by atoms with van der Waals surface area (Å²) in [5.41, 5.74) is 0. The van der Waals surface area contributed by atoms with Crippen LogP contribution in [0.15, 0.2) is 22.8 Å². The predicted octanol–water partition coefficient (Wildman–Crippen LogP) is 0.578. The van der Waals surface area contributed by atoms with Gasteiger partial charge < -0.3 is 15.1 Å². The van der Waals surface area contributed by atoms with Gasteiger partial charge in [-0.1, -0.05) is 0 Å². The van der Waals surface area contributed by atoms with Crippen LogP contribution in [0, 0.1) is 0 Å². The number of hydrogen-bond acceptors (Lipinski definition) is 4. The summed E-state index contributed by atoms with van der Waals surface area (Å²) >= 11 is 0. The Balaban J connectivity index is 1.76. The molecular formula is C13H21N3O2. The minimum absolute atomic E-state index is 0.0485. The molecule has 0 bridgehead atoms. The van der Waals surface area contributed by atoms with Gasteiger partial charge in [-0.25, -0.2) is 0 Å². The molecule has 0 aliphatic carbocycles. The molecule has 1 saturated heterocycles. The maximum absolute atomic E-state index is 11.8. The van der Waals surface area contributed by atoms with Crippen LogP contribution in [0.2, 0.25) is 0 Å². The van der Waals surface area contributed by atoms with Crippen molar-refractivity contribution in [3.63, 3.8) is 0 Å². The van der Waals surface area contributed by atoms with Crippen LogP contribution < -0.4 is 10.6 Å². The average Bonchev–Trinajstić information content (AvgIpc) is 2.84. The number of nitrogens with zero attached hydrogens (tertiary/aromatic N) is 1. The van der Waals surface area contributed by atoms with Gasteiger partial charge in [0.2, 0.25) is 5.91 Å². The Morgan fingerprint density at radius 1 is 1.61 bits per heavy atom. The summed E-state index contributed by atoms with van der Waals surface area (Å²) in [6.07, 6.45) is 1.61. The number of carbonyl (C=O) groups is 1. The molecule has 1 amide bonds. The monoisotopic (exact) mass is 251 g/mol. The molecule has 1 fully saturated rings. The van der Waals surface area contributed by atoms with E-state index in [0.717, 1.165) is 18.8 Å². The van der Waals surface area contributed by atoms with Gasteiger partial charge in [0.1, 0.15) is 5.76 Å². The molecule has 1 aromatic rings. The highest BCUT2D eigenvalue weighted by Gasteiger charge is 2.23. The van der Waals surface area contributed by atoms with Gasteiger partial charge in [-0.05, 0) is 26.0 Å². The number of rotatable bonds is 4. The van der Waals surface area contributed by atoms with Crippen molar-refractivity contribution in [3.05, 3.63) is 24.2 Å². The Kier molecular flexibility index (Phi) is 4.38. The van der Waals surface area contributed by atoms with Crippen molar-refractivity contribution < 1.29 is 9.21 Å². The molecule has 1 aliphatic rings. The van der Waals surface area contributed by atoms with E-state index >= 15 is 0 Å². The van der Waals surface area contributed by atoms with E-state index < -0.39 is 0 Å². The van der Waals surface area contributed by atoms with E-state index in [0.29, 0.717) is 25.2 Å². The van der Waals surface area contributed by atoms with Gasteiger partial charge in [0.25, 0.3) is 0 Å². The summed E-state index contributed by atoms with van der Waals surface area (Å²) in [7, 11) is 0. The van der Waals surface area contributed by atoms with Crippen molar-refractivity contribution in [2.75, 3.05) is 19.6 Å². The van der Waals surface area contributed by atoms with Gasteiger partial charge in [-0.2, -0.15) is 0 Å². The number of furan rings is 1. The van der Waals surface area contributed by atoms with E-state index in [1.54, 1.807) is 6.26 Å². The highest BCUT2D eigenvalue weighted by molar-refractivity contribution is 5.78. The molecule has 0 radical (unpaired) electrons. The molecule has 2 unspecified atom stereocenters. The summed E-state index contributed by atoms with van der Waals surface area (Å²) in [6.45, 7) is 7.04. The minimum atomic E-state index is 0.0485. The Morgan fingerprint density at radius 3 is 3.17 bits per heavy atom. The molecule has 100 valence electrons. The number of nitrogens with one attached hydrogen (secondary N) is 2. The molecule has 18 heavy (non-hydrogen) atoms. The lowest BCUT2D eigenvalue weighted by Gasteiger charge is -2.36. The first-order valence-corrected chi connectivity index (χ1v) is 6.41. The summed E-state index contributed by atoms with van der Waals surface area (Å²) in [5.74, 6) is 0.831. The fraction of sp³-hybridized carbons (Fsp3) is 0.615. The highest BCUT2D eigenvalue weighted by atomic mass is 16.3. The van der Waals surface area contributed by atoms with Gasteiger partial charge in [-0.3, -0.25) is 9.69 Å². The van der Waals surface area contributed by atoms with Crippen molar-refractivity contribution in [2.24, 2.45) is 0 Å². The van der Waals surface area contributed by atoms with Crippen LogP contribution in [0.3, 0.4) is 0 Å². The standard InChI is InChI=1S/C13H21N3O2/c1-10-8-16(11(2)6-14-10)9-13(17)15-7-12-4-3-5-18-12/h3-5,10-11,14H,6-9H2,1-2H3,(H,15,17). The lowest BCUT2D eigenvalue weighted by molar-refractivity contribution is -0.123. The third-order valence-electron chi connectivity index (χ3n) is 3.28. The second-order valence-corrected chi connectivity index (χ2v) is 4.94. The molecule has 0 spiro atoms. The number of piperazine rings is 1. The van der Waals surface area contributed by atoms with Crippen LogP contribution in [-0.2, 0) is 11.3 Å². The first-order chi connectivity index (χ1) is 8.65. The van der Waals surface area contributed by atoms with Crippen LogP contribution in [-0.4, -0.2) is 42.5 Å². The van der Waals surface area contributed by atoms with Crippen molar-refractivity contribution in [2.45, 2.75) is 32.5 Å². The molecule has 2 N–H and O–H groups in total. The quantitative estimate of drug-likeness (QED) is 0.822. The maximum Gasteiger partial charge on any atom is 0.234 e. The molecule has 0 saturated carbocycles. The van der Waals surface area contributed by atoms with Crippen molar-refractivity contribution in [1.82, 2.24) is 15.5 Å². The van der Waals surface area contributed by atoms with Gasteiger partial charge in [0.05, 0.1) is 19.4 Å². The minimum Gasteiger partial charge on any atom is -0.467 e. The largest absolute Gasteiger partial charge is 0.467 e. The zero-order chi connectivity index (χ0) is 13.0. The van der Waals surface area contributed by atoms with Crippen LogP contribution >= 0.6 is 0 Å². The summed E-state index contributed by atoms with van der Waals surface area (Å²) < 4.78 is 5.17. The SMILES string of the molecule is CC1CN(CC(=O)NCc2ccco2)C(C)CN1. The molecule has 2 atom stereocenters. The Hall–Kier alpha value is -1.33. The Labute approximate surface area is 108 Å². The van der Waals surface area contributed by atoms with Gasteiger partial charge in [0.15, 0.2) is 0 Å². The van der Waals surface area contributed by atoms with E-state index in [4.69, 9.17) is 4.42 Å². The lowest BCUT2D eigenvalue weighted by atomic mass is 10.1. The first kappa shape index (κ1) is 13.1. The van der Waals surface area contributed by atoms with Crippen molar-refractivity contribution in [1.29, 1.82) is 0 Å². The third-order valence-corrected chi connectivity index (χ3v) is 3.28. The van der Waals surface area contributed by atoms with Gasteiger partial charge in [-0.15, -0.1) is 0 Å². The highest BCUT2D eigenvalue weighted by Crippen LogP contribution is 2.06. The van der Waals surface area contributed by atoms with Crippen LogP contribution in [0.1, 0.15) is 19.6 Å². The van der Waals surface area contributed by atoms with Gasteiger partial charge in [0, 0.05) is 25.2 Å². The molecule has 0 aromatic carbocycles. The molecule has 1 aromatic heterocycles. The predicted molar refractivity (Wildman–Crippen MR) is 69.1 cm³/mol. The molecule has 2 heterocycles. The Morgan fingerprint density at radius 2 is 2.44 bits per heavy atom. The molecule has 2 rings (SSSR count). The van der Waals surface area contributed by atoms with E-state index in [1.165, 1.54) is 0 Å². The fourth-order valence-corrected chi connectivity index (χ4v) is 2.16. The number of hydrogen-bond donors (Lipinski definition) is 2.